The monoisotopic (exact) mass is 560 g/mol. The van der Waals surface area contributed by atoms with Crippen LogP contribution in [0.2, 0.25) is 5.02 Å². The Bertz CT molecular complexity index is 1500. The minimum absolute atomic E-state index is 0.0348. The number of nitrogens with zero attached hydrogens (tertiary/aromatic N) is 7. The van der Waals surface area contributed by atoms with Gasteiger partial charge >= 0.3 is 0 Å². The second-order valence-electron chi connectivity index (χ2n) is 8.84. The Kier molecular flexibility index (Phi) is 7.97. The van der Waals surface area contributed by atoms with E-state index >= 15 is 0 Å². The van der Waals surface area contributed by atoms with Crippen LogP contribution in [0.25, 0.3) is 11.5 Å². The van der Waals surface area contributed by atoms with Gasteiger partial charge in [0.15, 0.2) is 5.82 Å². The molecule has 4 aromatic heterocycles. The van der Waals surface area contributed by atoms with Crippen molar-refractivity contribution in [2.24, 2.45) is 0 Å². The molecule has 0 spiro atoms. The number of nitrogens with one attached hydrogen (secondary N) is 1. The fourth-order valence-electron chi connectivity index (χ4n) is 4.22. The van der Waals surface area contributed by atoms with Crippen LogP contribution in [0.1, 0.15) is 62.0 Å². The smallest absolute Gasteiger partial charge is 0.239 e. The Balaban J connectivity index is 1.80. The average molecular weight is 561 g/mol. The summed E-state index contributed by atoms with van der Waals surface area (Å²) in [4.78, 5) is 12.9. The van der Waals surface area contributed by atoms with Crippen molar-refractivity contribution < 1.29 is 17.7 Å². The van der Waals surface area contributed by atoms with Crippen molar-refractivity contribution in [3.05, 3.63) is 58.5 Å². The highest BCUT2D eigenvalue weighted by atomic mass is 35.5. The van der Waals surface area contributed by atoms with Crippen LogP contribution in [-0.4, -0.2) is 55.7 Å². The maximum atomic E-state index is 13.6. The zero-order valence-electron chi connectivity index (χ0n) is 21.9. The highest BCUT2D eigenvalue weighted by molar-refractivity contribution is 7.93. The van der Waals surface area contributed by atoms with E-state index in [2.05, 4.69) is 35.0 Å². The van der Waals surface area contributed by atoms with Crippen LogP contribution in [0.15, 0.2) is 35.1 Å². The van der Waals surface area contributed by atoms with E-state index in [-0.39, 0.29) is 5.95 Å². The molecule has 0 saturated carbocycles. The number of aromatic nitrogens is 7. The Labute approximate surface area is 225 Å². The van der Waals surface area contributed by atoms with E-state index in [1.54, 1.807) is 36.6 Å². The second-order valence-corrected chi connectivity index (χ2v) is 11.3. The van der Waals surface area contributed by atoms with E-state index in [0.717, 1.165) is 5.56 Å². The van der Waals surface area contributed by atoms with E-state index in [4.69, 9.17) is 20.9 Å². The number of hydrogen-bond donors (Lipinski definition) is 1. The molecule has 0 radical (unpaired) electrons. The summed E-state index contributed by atoms with van der Waals surface area (Å²) in [6, 6.07) is 4.84. The molecule has 202 valence electrons. The maximum Gasteiger partial charge on any atom is 0.239 e. The van der Waals surface area contributed by atoms with Crippen LogP contribution >= 0.6 is 11.6 Å². The summed E-state index contributed by atoms with van der Waals surface area (Å²) in [5, 5.41) is 12.1. The third kappa shape index (κ3) is 5.34. The van der Waals surface area contributed by atoms with Gasteiger partial charge in [0.05, 0.1) is 29.1 Å². The topological polar surface area (TPSA) is 151 Å². The van der Waals surface area contributed by atoms with E-state index in [9.17, 15) is 8.42 Å². The van der Waals surface area contributed by atoms with Gasteiger partial charge in [-0.3, -0.25) is 9.29 Å². The fraction of sp³-hybridized carbons (Fsp3) is 0.417. The second kappa shape index (κ2) is 11.0. The molecule has 4 heterocycles. The van der Waals surface area contributed by atoms with Gasteiger partial charge in [0.25, 0.3) is 0 Å². The van der Waals surface area contributed by atoms with Crippen LogP contribution in [0.5, 0.6) is 5.88 Å². The molecule has 0 aliphatic heterocycles. The third-order valence-corrected chi connectivity index (χ3v) is 8.50. The molecule has 14 heteroatoms. The lowest BCUT2D eigenvalue weighted by Gasteiger charge is -2.23. The predicted octanol–water partition coefficient (Wildman–Crippen LogP) is 4.33. The summed E-state index contributed by atoms with van der Waals surface area (Å²) < 4.78 is 42.2. The number of methoxy groups -OCH3 is 1. The predicted molar refractivity (Wildman–Crippen MR) is 142 cm³/mol. The van der Waals surface area contributed by atoms with Gasteiger partial charge in [0.1, 0.15) is 17.3 Å². The van der Waals surface area contributed by atoms with Crippen LogP contribution in [0.4, 0.5) is 5.95 Å². The van der Waals surface area contributed by atoms with Crippen molar-refractivity contribution in [1.82, 2.24) is 34.9 Å². The largest absolute Gasteiger partial charge is 0.481 e. The van der Waals surface area contributed by atoms with Gasteiger partial charge in [-0.05, 0) is 33.3 Å². The van der Waals surface area contributed by atoms with E-state index < -0.39 is 27.2 Å². The normalized spacial score (nSPS) is 14.2. The molecule has 3 atom stereocenters. The summed E-state index contributed by atoms with van der Waals surface area (Å²) in [5.41, 5.74) is 1.96. The molecule has 4 rings (SSSR count). The van der Waals surface area contributed by atoms with Crippen LogP contribution in [0, 0.1) is 13.8 Å². The number of ether oxygens (including phenoxy) is 1. The molecule has 0 bridgehead atoms. The number of aryl methyl sites for hydroxylation is 2. The first-order chi connectivity index (χ1) is 18.1. The number of pyridine rings is 1. The maximum absolute atomic E-state index is 13.6. The average Bonchev–Trinajstić information content (AvgIpc) is 3.47. The van der Waals surface area contributed by atoms with Gasteiger partial charge in [-0.25, -0.2) is 23.4 Å². The van der Waals surface area contributed by atoms with Crippen molar-refractivity contribution >= 4 is 27.6 Å². The van der Waals surface area contributed by atoms with E-state index in [0.29, 0.717) is 46.1 Å². The Morgan fingerprint density at radius 1 is 1.16 bits per heavy atom. The standard InChI is InChI=1S/C24H29ClN8O4S/c1-7-19(21-14(3)31-37-15(21)4)33-23(18-9-8-10-20(28-18)36-6)29-30-24(33)32-38(34,35)16(5)13(2)22-26-11-17(25)12-27-22/h8-13,16,19H,7H2,1-6H3,(H,30,32)/t13-,16-,19+/m0/s1. The van der Waals surface area contributed by atoms with Gasteiger partial charge in [-0.1, -0.05) is 36.7 Å². The summed E-state index contributed by atoms with van der Waals surface area (Å²) in [5.74, 6) is 1.21. The Morgan fingerprint density at radius 2 is 1.87 bits per heavy atom. The number of hydrogen-bond acceptors (Lipinski definition) is 10. The fourth-order valence-corrected chi connectivity index (χ4v) is 5.56. The van der Waals surface area contributed by atoms with Crippen molar-refractivity contribution in [3.8, 4) is 17.4 Å². The molecule has 12 nitrogen and oxygen atoms in total. The third-order valence-electron chi connectivity index (χ3n) is 6.45. The first-order valence-electron chi connectivity index (χ1n) is 12.0. The van der Waals surface area contributed by atoms with Crippen LogP contribution < -0.4 is 9.46 Å². The Morgan fingerprint density at radius 3 is 2.47 bits per heavy atom. The molecule has 0 saturated heterocycles. The molecule has 0 unspecified atom stereocenters. The van der Waals surface area contributed by atoms with E-state index in [1.165, 1.54) is 19.5 Å². The van der Waals surface area contributed by atoms with Gasteiger partial charge in [0.2, 0.25) is 21.9 Å². The zero-order valence-corrected chi connectivity index (χ0v) is 23.4. The molecule has 0 amide bonds. The van der Waals surface area contributed by atoms with Crippen LogP contribution in [-0.2, 0) is 10.0 Å². The summed E-state index contributed by atoms with van der Waals surface area (Å²) in [7, 11) is -2.46. The van der Waals surface area contributed by atoms with Crippen LogP contribution in [0.3, 0.4) is 0 Å². The number of halogens is 1. The van der Waals surface area contributed by atoms with Gasteiger partial charge in [0, 0.05) is 29.9 Å². The van der Waals surface area contributed by atoms with E-state index in [1.807, 2.05) is 20.8 Å². The lowest BCUT2D eigenvalue weighted by atomic mass is 10.0. The van der Waals surface area contributed by atoms with Crippen molar-refractivity contribution in [2.45, 2.75) is 58.2 Å². The highest BCUT2D eigenvalue weighted by Crippen LogP contribution is 2.35. The number of sulfonamides is 1. The lowest BCUT2D eigenvalue weighted by molar-refractivity contribution is 0.390. The number of anilines is 1. The first-order valence-corrected chi connectivity index (χ1v) is 13.9. The molecule has 1 N–H and O–H groups in total. The molecule has 0 aliphatic rings. The molecular formula is C24H29ClN8O4S. The van der Waals surface area contributed by atoms with Gasteiger partial charge in [-0.2, -0.15) is 0 Å². The first kappa shape index (κ1) is 27.5. The van der Waals surface area contributed by atoms with Gasteiger partial charge < -0.3 is 9.26 Å². The Hall–Kier alpha value is -3.58. The summed E-state index contributed by atoms with van der Waals surface area (Å²) in [6.45, 7) is 8.94. The number of rotatable bonds is 10. The molecular weight excluding hydrogens is 532 g/mol. The molecule has 0 fully saturated rings. The minimum Gasteiger partial charge on any atom is -0.481 e. The molecule has 0 aliphatic carbocycles. The summed E-state index contributed by atoms with van der Waals surface area (Å²) in [6.07, 6.45) is 3.44. The molecule has 0 aromatic carbocycles. The minimum atomic E-state index is -3.98. The molecule has 4 aromatic rings. The van der Waals surface area contributed by atoms with Gasteiger partial charge in [-0.15, -0.1) is 10.2 Å². The summed E-state index contributed by atoms with van der Waals surface area (Å²) >= 11 is 5.89. The van der Waals surface area contributed by atoms with Crippen molar-refractivity contribution in [2.75, 3.05) is 11.8 Å². The SMILES string of the molecule is CC[C@H](c1c(C)noc1C)n1c(NS(=O)(=O)[C@@H](C)[C@H](C)c2ncc(Cl)cn2)nnc1-c1cccc(OC)n1. The molecule has 38 heavy (non-hydrogen) atoms. The quantitative estimate of drug-likeness (QED) is 0.296. The van der Waals surface area contributed by atoms with Crippen molar-refractivity contribution in [1.29, 1.82) is 0 Å². The zero-order chi connectivity index (χ0) is 27.6. The van der Waals surface area contributed by atoms with Crippen molar-refractivity contribution in [3.63, 3.8) is 0 Å². The highest BCUT2D eigenvalue weighted by Gasteiger charge is 2.33. The lowest BCUT2D eigenvalue weighted by Crippen LogP contribution is -2.32.